The summed E-state index contributed by atoms with van der Waals surface area (Å²) in [7, 11) is 0. The molecule has 0 fully saturated rings. The van der Waals surface area contributed by atoms with Crippen LogP contribution in [0.2, 0.25) is 0 Å². The molecule has 28 heteroatoms. The standard InChI is InChI=1S/2Nb.Ni.18O.3Pb.2Ti.2Zr/q;;+2;;;;;;;;;10*-1;3*+2;;;;. The van der Waals surface area contributed by atoms with E-state index in [0.717, 1.165) is 0 Å². The van der Waals surface area contributed by atoms with E-state index in [1.807, 2.05) is 0 Å². The van der Waals surface area contributed by atoms with E-state index in [-0.39, 0.29) is 98.4 Å². The minimum atomic E-state index is -4.29. The Balaban J connectivity index is -0.0000000169. The zero-order valence-electron chi connectivity index (χ0n) is 12.1. The summed E-state index contributed by atoms with van der Waals surface area (Å²) in [5, 5.41) is 0. The molecule has 0 aliphatic carbocycles. The molecule has 0 saturated heterocycles. The van der Waals surface area contributed by atoms with Gasteiger partial charge in [0.25, 0.3) is 0 Å². The second kappa shape index (κ2) is 58.6. The van der Waals surface area contributed by atoms with E-state index < -0.39 is 120 Å². The van der Waals surface area contributed by atoms with E-state index in [9.17, 15) is 0 Å². The van der Waals surface area contributed by atoms with Gasteiger partial charge in [0.1, 0.15) is 0 Å². The van der Waals surface area contributed by atoms with E-state index in [2.05, 4.69) is 0 Å². The molecule has 0 heterocycles. The molecule has 0 spiro atoms. The van der Waals surface area contributed by atoms with Crippen molar-refractivity contribution < 1.29 is 197 Å². The van der Waals surface area contributed by atoms with Gasteiger partial charge in [-0.15, -0.1) is 0 Å². The molecule has 0 aromatic heterocycles. The predicted molar refractivity (Wildman–Crippen MR) is 22.8 cm³/mol. The van der Waals surface area contributed by atoms with Crippen molar-refractivity contribution in [3.05, 3.63) is 0 Å². The molecule has 0 aliphatic rings. The van der Waals surface area contributed by atoms with Crippen molar-refractivity contribution in [2.24, 2.45) is 0 Å². The topological polar surface area (TPSA) is 367 Å². The summed E-state index contributed by atoms with van der Waals surface area (Å²) < 4.78 is 155. The molecule has 0 atom stereocenters. The molecule has 28 heavy (non-hydrogen) atoms. The van der Waals surface area contributed by atoms with E-state index >= 15 is 0 Å². The van der Waals surface area contributed by atoms with Crippen LogP contribution in [-0.4, -0.2) is 81.9 Å². The Hall–Kier alpha value is 5.94. The van der Waals surface area contributed by atoms with Gasteiger partial charge < -0.3 is 0 Å². The molecule has 6 radical (unpaired) electrons. The average molecular weight is 1430 g/mol. The van der Waals surface area contributed by atoms with Gasteiger partial charge in [0, 0.05) is 0 Å². The molecule has 0 aliphatic heterocycles. The number of rotatable bonds is 0. The molecule has 0 amide bonds. The second-order valence-corrected chi connectivity index (χ2v) is 7.67. The van der Waals surface area contributed by atoms with Crippen LogP contribution in [0.4, 0.5) is 0 Å². The smallest absolute Gasteiger partial charge is 2.00 e. The Kier molecular flexibility index (Phi) is 135. The first-order valence-electron chi connectivity index (χ1n) is 3.54. The SMILES string of the molecule is [Ni+2].[O]=[Nb](=[O])[O-].[O]=[Nb](=[O])[O-].[O]=[Ti]([O-])[O-].[O]=[Ti]([O-])[O-].[O]=[Zr]([O-])[O-].[O]=[Zr]([O-])[O-].[Pb+2].[Pb+2].[Pb+2]. The third kappa shape index (κ3) is 868. The van der Waals surface area contributed by atoms with Crippen molar-refractivity contribution in [1.29, 1.82) is 0 Å². The Morgan fingerprint density at radius 2 is 0.571 bits per heavy atom. The van der Waals surface area contributed by atoms with Crippen molar-refractivity contribution in [2.45, 2.75) is 0 Å². The summed E-state index contributed by atoms with van der Waals surface area (Å²) in [6.45, 7) is 0. The minimum Gasteiger partial charge on any atom is 2.00 e. The third-order valence-electron chi connectivity index (χ3n) is 0. The molecule has 0 rings (SSSR count). The van der Waals surface area contributed by atoms with Crippen LogP contribution in [0.3, 0.4) is 0 Å². The molecular formula is Nb2NiO18Pb3Ti2Zr2-2. The first kappa shape index (κ1) is 64.3. The molecule has 18 nitrogen and oxygen atoms in total. The van der Waals surface area contributed by atoms with Gasteiger partial charge in [0.05, 0.1) is 0 Å². The Labute approximate surface area is 272 Å². The summed E-state index contributed by atoms with van der Waals surface area (Å²) in [5.41, 5.74) is 0. The monoisotopic (exact) mass is 1430 g/mol. The fourth-order valence-corrected chi connectivity index (χ4v) is 0. The second-order valence-electron chi connectivity index (χ2n) is 1.45. The molecule has 0 aromatic carbocycles. The summed E-state index contributed by atoms with van der Waals surface area (Å²) >= 11 is -25.2. The van der Waals surface area contributed by atoms with Crippen LogP contribution in [-0.2, 0) is 162 Å². The average Bonchev–Trinajstić information content (AvgIpc) is 2.08. The van der Waals surface area contributed by atoms with E-state index in [1.54, 1.807) is 0 Å². The van der Waals surface area contributed by atoms with Crippen LogP contribution in [0, 0.1) is 0 Å². The van der Waals surface area contributed by atoms with Crippen LogP contribution in [0.1, 0.15) is 0 Å². The van der Waals surface area contributed by atoms with Gasteiger partial charge in [0.2, 0.25) is 0 Å². The Morgan fingerprint density at radius 3 is 0.571 bits per heavy atom. The molecular weight excluding hydrogens is 1430 g/mol. The first-order chi connectivity index (χ1) is 10.4. The number of hydrogen-bond donors (Lipinski definition) is 0. The van der Waals surface area contributed by atoms with Gasteiger partial charge in [-0.25, -0.2) is 0 Å². The zero-order chi connectivity index (χ0) is 21.5. The van der Waals surface area contributed by atoms with Gasteiger partial charge >= 0.3 is 278 Å². The fourth-order valence-electron chi connectivity index (χ4n) is 0. The molecule has 0 aromatic rings. The van der Waals surface area contributed by atoms with Crippen molar-refractivity contribution >= 4 is 81.9 Å². The van der Waals surface area contributed by atoms with Gasteiger partial charge in [-0.2, -0.15) is 0 Å². The van der Waals surface area contributed by atoms with E-state index in [0.29, 0.717) is 0 Å². The largest absolute Gasteiger partial charge is 2.00 e. The third-order valence-corrected chi connectivity index (χ3v) is 0. The Morgan fingerprint density at radius 1 is 0.571 bits per heavy atom. The van der Waals surface area contributed by atoms with Gasteiger partial charge in [-0.05, 0) is 0 Å². The van der Waals surface area contributed by atoms with E-state index in [1.165, 1.54) is 0 Å². The van der Waals surface area contributed by atoms with Gasteiger partial charge in [-0.3, -0.25) is 0 Å². The van der Waals surface area contributed by atoms with Crippen molar-refractivity contribution in [3.63, 3.8) is 0 Å². The van der Waals surface area contributed by atoms with Crippen molar-refractivity contribution in [3.8, 4) is 0 Å². The maximum Gasteiger partial charge on any atom is 2.00 e. The maximum atomic E-state index is 8.61. The molecule has 0 saturated carbocycles. The predicted octanol–water partition coefficient (Wildman–Crippen LogP) is -14.0. The van der Waals surface area contributed by atoms with Crippen molar-refractivity contribution in [2.75, 3.05) is 0 Å². The zero-order valence-corrected chi connectivity index (χ0v) is 37.1. The fraction of sp³-hybridized carbons (Fsp3) is 0. The molecule has 158 valence electrons. The molecule has 0 unspecified atom stereocenters. The normalized spacial score (nSPS) is 5.50. The van der Waals surface area contributed by atoms with Crippen LogP contribution in [0.15, 0.2) is 0 Å². The Bertz CT molecular complexity index is 393. The van der Waals surface area contributed by atoms with E-state index in [4.69, 9.17) is 60.0 Å². The van der Waals surface area contributed by atoms with Crippen LogP contribution in [0.5, 0.6) is 0 Å². The summed E-state index contributed by atoms with van der Waals surface area (Å²) in [6.07, 6.45) is 0. The summed E-state index contributed by atoms with van der Waals surface area (Å²) in [5.74, 6) is 0. The quantitative estimate of drug-likeness (QED) is 0.203. The minimum absolute atomic E-state index is 0. The van der Waals surface area contributed by atoms with Crippen molar-refractivity contribution in [1.82, 2.24) is 0 Å². The summed E-state index contributed by atoms with van der Waals surface area (Å²) in [4.78, 5) is 0. The number of hydrogen-bond acceptors (Lipinski definition) is 18. The van der Waals surface area contributed by atoms with Crippen LogP contribution < -0.4 is 34.7 Å². The molecule has 0 N–H and O–H groups in total. The summed E-state index contributed by atoms with van der Waals surface area (Å²) in [6, 6.07) is 0. The maximum absolute atomic E-state index is 8.61. The van der Waals surface area contributed by atoms with Crippen LogP contribution in [0.25, 0.3) is 0 Å². The van der Waals surface area contributed by atoms with Crippen LogP contribution >= 0.6 is 0 Å². The van der Waals surface area contributed by atoms with Gasteiger partial charge in [0.15, 0.2) is 0 Å². The molecule has 0 bridgehead atoms. The first-order valence-corrected chi connectivity index (χ1v) is 18.8. The van der Waals surface area contributed by atoms with Gasteiger partial charge in [-0.1, -0.05) is 0 Å².